The molecule has 0 spiro atoms. The third-order valence-corrected chi connectivity index (χ3v) is 6.64. The highest BCUT2D eigenvalue weighted by atomic mass is 79.9. The first-order chi connectivity index (χ1) is 13.9. The predicted octanol–water partition coefficient (Wildman–Crippen LogP) is 5.14. The van der Waals surface area contributed by atoms with Gasteiger partial charge >= 0.3 is 0 Å². The van der Waals surface area contributed by atoms with E-state index in [1.54, 1.807) is 31.5 Å². The molecule has 0 aliphatic carbocycles. The zero-order chi connectivity index (χ0) is 20.7. The highest BCUT2D eigenvalue weighted by molar-refractivity contribution is 9.10. The molecule has 1 aliphatic rings. The minimum absolute atomic E-state index is 0.0408. The van der Waals surface area contributed by atoms with Crippen LogP contribution in [0.1, 0.15) is 46.1 Å². The number of thiophene rings is 1. The summed E-state index contributed by atoms with van der Waals surface area (Å²) in [6.07, 6.45) is 3.43. The number of carbonyl (C=O) groups excluding carboxylic acids is 2. The highest BCUT2D eigenvalue weighted by Gasteiger charge is 2.36. The number of benzene rings is 1. The maximum absolute atomic E-state index is 13.1. The summed E-state index contributed by atoms with van der Waals surface area (Å²) in [5.74, 6) is -0.538. The van der Waals surface area contributed by atoms with Gasteiger partial charge in [-0.1, -0.05) is 22.0 Å². The smallest absolute Gasteiger partial charge is 0.205 e. The normalized spacial score (nSPS) is 15.6. The molecule has 0 radical (unpaired) electrons. The maximum Gasteiger partial charge on any atom is 0.205 e. The molecule has 3 heterocycles. The van der Waals surface area contributed by atoms with E-state index in [1.807, 2.05) is 31.2 Å². The Kier molecular flexibility index (Phi) is 5.10. The van der Waals surface area contributed by atoms with Crippen LogP contribution < -0.4 is 11.1 Å². The Morgan fingerprint density at radius 2 is 1.93 bits per heavy atom. The molecule has 0 unspecified atom stereocenters. The summed E-state index contributed by atoms with van der Waals surface area (Å²) in [5, 5.41) is 4.08. The second-order valence-corrected chi connectivity index (χ2v) is 8.80. The van der Waals surface area contributed by atoms with Gasteiger partial charge in [0.1, 0.15) is 4.88 Å². The third-order valence-electron chi connectivity index (χ3n) is 4.98. The van der Waals surface area contributed by atoms with Gasteiger partial charge in [0, 0.05) is 45.2 Å². The molecule has 0 fully saturated rings. The summed E-state index contributed by atoms with van der Waals surface area (Å²) in [7, 11) is 0. The SMILES string of the molecule is CC(=O)C1=C(C)Nc2sc(C(=O)c3ccc(Br)cc3)c(N)c2[C@H]1c1cccnc1. The molecule has 1 aromatic carbocycles. The Morgan fingerprint density at radius 1 is 1.21 bits per heavy atom. The Morgan fingerprint density at radius 3 is 2.55 bits per heavy atom. The summed E-state index contributed by atoms with van der Waals surface area (Å²) in [6, 6.07) is 10.9. The second-order valence-electron chi connectivity index (χ2n) is 6.86. The van der Waals surface area contributed by atoms with Gasteiger partial charge in [-0.2, -0.15) is 0 Å². The van der Waals surface area contributed by atoms with Crippen molar-refractivity contribution in [1.29, 1.82) is 0 Å². The van der Waals surface area contributed by atoms with Crippen molar-refractivity contribution >= 4 is 49.5 Å². The van der Waals surface area contributed by atoms with Crippen LogP contribution in [0.5, 0.6) is 0 Å². The first-order valence-corrected chi connectivity index (χ1v) is 10.6. The van der Waals surface area contributed by atoms with Crippen LogP contribution in [-0.2, 0) is 4.79 Å². The lowest BCUT2D eigenvalue weighted by Crippen LogP contribution is -2.21. The van der Waals surface area contributed by atoms with Crippen LogP contribution in [0.15, 0.2) is 64.5 Å². The molecule has 3 aromatic rings. The highest BCUT2D eigenvalue weighted by Crippen LogP contribution is 2.50. The molecule has 146 valence electrons. The van der Waals surface area contributed by atoms with Crippen molar-refractivity contribution in [2.45, 2.75) is 19.8 Å². The van der Waals surface area contributed by atoms with E-state index in [1.165, 1.54) is 11.3 Å². The van der Waals surface area contributed by atoms with E-state index in [2.05, 4.69) is 26.2 Å². The Labute approximate surface area is 180 Å². The molecule has 0 saturated carbocycles. The number of aromatic nitrogens is 1. The average Bonchev–Trinajstić information content (AvgIpc) is 3.03. The average molecular weight is 468 g/mol. The van der Waals surface area contributed by atoms with Gasteiger partial charge in [0.05, 0.1) is 10.7 Å². The molecule has 1 aliphatic heterocycles. The second kappa shape index (κ2) is 7.57. The van der Waals surface area contributed by atoms with Crippen LogP contribution in [0.25, 0.3) is 0 Å². The lowest BCUT2D eigenvalue weighted by molar-refractivity contribution is -0.113. The van der Waals surface area contributed by atoms with Crippen molar-refractivity contribution in [3.05, 3.63) is 86.1 Å². The van der Waals surface area contributed by atoms with Crippen molar-refractivity contribution in [2.75, 3.05) is 11.1 Å². The molecule has 0 bridgehead atoms. The number of nitrogen functional groups attached to an aromatic ring is 1. The number of fused-ring (bicyclic) bond motifs is 1. The fraction of sp³-hybridized carbons (Fsp3) is 0.136. The van der Waals surface area contributed by atoms with Crippen molar-refractivity contribution in [2.24, 2.45) is 0 Å². The van der Waals surface area contributed by atoms with Crippen LogP contribution >= 0.6 is 27.3 Å². The van der Waals surface area contributed by atoms with Crippen LogP contribution in [0, 0.1) is 0 Å². The van der Waals surface area contributed by atoms with Gasteiger partial charge in [-0.3, -0.25) is 14.6 Å². The molecule has 7 heteroatoms. The molecular weight excluding hydrogens is 450 g/mol. The number of hydrogen-bond donors (Lipinski definition) is 2. The van der Waals surface area contributed by atoms with Crippen LogP contribution in [0.4, 0.5) is 10.7 Å². The number of nitrogens with zero attached hydrogens (tertiary/aromatic N) is 1. The van der Waals surface area contributed by atoms with E-state index in [0.717, 1.165) is 26.3 Å². The molecule has 0 saturated heterocycles. The fourth-order valence-corrected chi connectivity index (χ4v) is 5.12. The molecule has 0 amide bonds. The molecule has 1 atom stereocenters. The van der Waals surface area contributed by atoms with Crippen molar-refractivity contribution < 1.29 is 9.59 Å². The molecule has 3 N–H and O–H groups in total. The molecule has 4 rings (SSSR count). The number of allylic oxidation sites excluding steroid dienone is 2. The van der Waals surface area contributed by atoms with Gasteiger partial charge in [-0.05, 0) is 49.7 Å². The van der Waals surface area contributed by atoms with E-state index in [9.17, 15) is 9.59 Å². The van der Waals surface area contributed by atoms with Gasteiger partial charge in [0.2, 0.25) is 5.78 Å². The largest absolute Gasteiger partial charge is 0.397 e. The van der Waals surface area contributed by atoms with E-state index in [4.69, 9.17) is 5.73 Å². The van der Waals surface area contributed by atoms with E-state index in [0.29, 0.717) is 21.7 Å². The minimum Gasteiger partial charge on any atom is -0.397 e. The summed E-state index contributed by atoms with van der Waals surface area (Å²) in [4.78, 5) is 30.3. The number of halogens is 1. The maximum atomic E-state index is 13.1. The fourth-order valence-electron chi connectivity index (χ4n) is 3.68. The summed E-state index contributed by atoms with van der Waals surface area (Å²) in [5.41, 5.74) is 10.5. The Balaban J connectivity index is 1.88. The topological polar surface area (TPSA) is 85.1 Å². The van der Waals surface area contributed by atoms with Crippen molar-refractivity contribution in [3.63, 3.8) is 0 Å². The van der Waals surface area contributed by atoms with E-state index in [-0.39, 0.29) is 17.5 Å². The van der Waals surface area contributed by atoms with Crippen molar-refractivity contribution in [3.8, 4) is 0 Å². The predicted molar refractivity (Wildman–Crippen MR) is 119 cm³/mol. The molecule has 2 aromatic heterocycles. The van der Waals surface area contributed by atoms with Crippen LogP contribution in [0.3, 0.4) is 0 Å². The van der Waals surface area contributed by atoms with Crippen molar-refractivity contribution in [1.82, 2.24) is 4.98 Å². The lowest BCUT2D eigenvalue weighted by Gasteiger charge is -2.28. The zero-order valence-corrected chi connectivity index (χ0v) is 18.2. The van der Waals surface area contributed by atoms with Gasteiger partial charge < -0.3 is 11.1 Å². The van der Waals surface area contributed by atoms with Gasteiger partial charge in [-0.25, -0.2) is 0 Å². The van der Waals surface area contributed by atoms with Gasteiger partial charge in [0.15, 0.2) is 5.78 Å². The monoisotopic (exact) mass is 467 g/mol. The summed E-state index contributed by atoms with van der Waals surface area (Å²) in [6.45, 7) is 3.42. The number of Topliss-reactive ketones (excluding diaryl/α,β-unsaturated/α-hetero) is 1. The van der Waals surface area contributed by atoms with Gasteiger partial charge in [0.25, 0.3) is 0 Å². The number of anilines is 2. The Bertz CT molecular complexity index is 1150. The van der Waals surface area contributed by atoms with Gasteiger partial charge in [-0.15, -0.1) is 11.3 Å². The number of carbonyl (C=O) groups is 2. The standard InChI is InChI=1S/C22H18BrN3O2S/c1-11-16(12(2)27)17(14-4-3-9-25-10-14)18-19(24)21(29-22(18)26-11)20(28)13-5-7-15(23)8-6-13/h3-10,17,26H,24H2,1-2H3/t17-/m0/s1. The molecule has 5 nitrogen and oxygen atoms in total. The first kappa shape index (κ1) is 19.5. The lowest BCUT2D eigenvalue weighted by atomic mass is 9.81. The summed E-state index contributed by atoms with van der Waals surface area (Å²) < 4.78 is 0.900. The van der Waals surface area contributed by atoms with E-state index >= 15 is 0 Å². The minimum atomic E-state index is -0.361. The number of pyridine rings is 1. The zero-order valence-electron chi connectivity index (χ0n) is 15.8. The number of rotatable bonds is 4. The molecular formula is C22H18BrN3O2S. The number of nitrogens with two attached hydrogens (primary N) is 1. The third kappa shape index (κ3) is 3.41. The van der Waals surface area contributed by atoms with Crippen LogP contribution in [0.2, 0.25) is 0 Å². The number of ketones is 2. The number of nitrogens with one attached hydrogen (secondary N) is 1. The number of hydrogen-bond acceptors (Lipinski definition) is 6. The quantitative estimate of drug-likeness (QED) is 0.518. The Hall–Kier alpha value is -2.77. The summed E-state index contributed by atoms with van der Waals surface area (Å²) >= 11 is 4.71. The van der Waals surface area contributed by atoms with Crippen LogP contribution in [-0.4, -0.2) is 16.6 Å². The molecule has 29 heavy (non-hydrogen) atoms. The first-order valence-electron chi connectivity index (χ1n) is 8.99. The van der Waals surface area contributed by atoms with E-state index < -0.39 is 0 Å².